The molecule has 0 unspecified atom stereocenters. The number of hydrogen-bond donors (Lipinski definition) is 2. The van der Waals surface area contributed by atoms with Crippen molar-refractivity contribution in [3.63, 3.8) is 0 Å². The highest BCUT2D eigenvalue weighted by Crippen LogP contribution is 2.15. The molecular weight excluding hydrogens is 507 g/mol. The third kappa shape index (κ3) is 8.90. The minimum atomic E-state index is 0. The number of nitrogens with zero attached hydrogens (tertiary/aromatic N) is 2. The number of likely N-dealkylation sites (tertiary alicyclic amines) is 1. The molecule has 2 aromatic rings. The summed E-state index contributed by atoms with van der Waals surface area (Å²) in [6, 6.07) is 12.1. The van der Waals surface area contributed by atoms with Crippen LogP contribution in [0.2, 0.25) is 0 Å². The quantitative estimate of drug-likeness (QED) is 0.197. The van der Waals surface area contributed by atoms with Gasteiger partial charge in [0.25, 0.3) is 0 Å². The Morgan fingerprint density at radius 1 is 1.19 bits per heavy atom. The van der Waals surface area contributed by atoms with E-state index in [0.717, 1.165) is 55.3 Å². The average Bonchev–Trinajstić information content (AvgIpc) is 3.42. The van der Waals surface area contributed by atoms with Gasteiger partial charge in [-0.05, 0) is 43.0 Å². The molecule has 0 atom stereocenters. The Hall–Kier alpha value is -2.07. The molecule has 1 amide bonds. The van der Waals surface area contributed by atoms with Crippen molar-refractivity contribution in [2.24, 2.45) is 4.99 Å². The zero-order chi connectivity index (χ0) is 21.0. The van der Waals surface area contributed by atoms with Gasteiger partial charge in [-0.25, -0.2) is 4.99 Å². The Kier molecular flexibility index (Phi) is 11.4. The molecule has 0 spiro atoms. The van der Waals surface area contributed by atoms with Gasteiger partial charge in [0.1, 0.15) is 12.4 Å². The fraction of sp³-hybridized carbons (Fsp3) is 0.478. The Morgan fingerprint density at radius 3 is 2.68 bits per heavy atom. The predicted molar refractivity (Wildman–Crippen MR) is 132 cm³/mol. The Bertz CT molecular complexity index is 794. The van der Waals surface area contributed by atoms with E-state index >= 15 is 0 Å². The van der Waals surface area contributed by atoms with E-state index in [1.54, 1.807) is 6.26 Å². The van der Waals surface area contributed by atoms with Crippen LogP contribution in [0.4, 0.5) is 0 Å². The van der Waals surface area contributed by atoms with E-state index in [-0.39, 0.29) is 29.9 Å². The van der Waals surface area contributed by atoms with Gasteiger partial charge >= 0.3 is 0 Å². The van der Waals surface area contributed by atoms with Gasteiger partial charge in [-0.1, -0.05) is 24.3 Å². The number of rotatable bonds is 11. The van der Waals surface area contributed by atoms with Crippen LogP contribution in [-0.2, 0) is 29.2 Å². The average molecular weight is 540 g/mol. The summed E-state index contributed by atoms with van der Waals surface area (Å²) in [6.45, 7) is 6.99. The highest BCUT2D eigenvalue weighted by molar-refractivity contribution is 14.0. The zero-order valence-electron chi connectivity index (χ0n) is 18.1. The van der Waals surface area contributed by atoms with Crippen molar-refractivity contribution in [3.05, 3.63) is 59.5 Å². The second kappa shape index (κ2) is 14.1. The lowest BCUT2D eigenvalue weighted by Crippen LogP contribution is -2.38. The van der Waals surface area contributed by atoms with E-state index in [4.69, 9.17) is 9.15 Å². The first-order valence-electron chi connectivity index (χ1n) is 10.7. The Balaban J connectivity index is 0.00000341. The number of aliphatic imine (C=N–C) groups is 1. The predicted octanol–water partition coefficient (Wildman–Crippen LogP) is 3.68. The summed E-state index contributed by atoms with van der Waals surface area (Å²) in [4.78, 5) is 18.4. The van der Waals surface area contributed by atoms with Gasteiger partial charge in [0.15, 0.2) is 5.96 Å². The number of hydrogen-bond acceptors (Lipinski definition) is 4. The van der Waals surface area contributed by atoms with Crippen molar-refractivity contribution in [3.8, 4) is 0 Å². The number of furan rings is 1. The largest absolute Gasteiger partial charge is 0.467 e. The molecule has 0 radical (unpaired) electrons. The molecule has 1 aromatic heterocycles. The molecule has 0 bridgehead atoms. The standard InChI is InChI=1S/C23H32N4O3.HI/c1-2-24-23(25-12-5-14-29-18-21-6-4-15-30-21)26-16-19-8-10-20(11-9-19)17-27-13-3-7-22(27)28;/h4,6,8-11,15H,2-3,5,7,12-14,16-18H2,1H3,(H2,24,25,26);1H. The van der Waals surface area contributed by atoms with E-state index in [1.807, 2.05) is 17.0 Å². The molecule has 1 saturated heterocycles. The van der Waals surface area contributed by atoms with Crippen molar-refractivity contribution >= 4 is 35.8 Å². The summed E-state index contributed by atoms with van der Waals surface area (Å²) in [5, 5.41) is 6.61. The molecule has 2 N–H and O–H groups in total. The third-order valence-electron chi connectivity index (χ3n) is 4.91. The smallest absolute Gasteiger partial charge is 0.222 e. The van der Waals surface area contributed by atoms with E-state index in [1.165, 1.54) is 0 Å². The first-order chi connectivity index (χ1) is 14.7. The van der Waals surface area contributed by atoms with Gasteiger partial charge in [0.2, 0.25) is 5.91 Å². The van der Waals surface area contributed by atoms with E-state index < -0.39 is 0 Å². The molecule has 1 aromatic carbocycles. The first-order valence-corrected chi connectivity index (χ1v) is 10.7. The lowest BCUT2D eigenvalue weighted by atomic mass is 10.1. The summed E-state index contributed by atoms with van der Waals surface area (Å²) in [7, 11) is 0. The van der Waals surface area contributed by atoms with Crippen LogP contribution in [-0.4, -0.2) is 43.0 Å². The topological polar surface area (TPSA) is 79.1 Å². The van der Waals surface area contributed by atoms with Crippen molar-refractivity contribution in [1.29, 1.82) is 0 Å². The second-order valence-electron chi connectivity index (χ2n) is 7.34. The number of carbonyl (C=O) groups is 1. The van der Waals surface area contributed by atoms with E-state index in [9.17, 15) is 4.79 Å². The molecule has 7 nitrogen and oxygen atoms in total. The van der Waals surface area contributed by atoms with Crippen LogP contribution in [0.25, 0.3) is 0 Å². The molecule has 0 saturated carbocycles. The van der Waals surface area contributed by atoms with Crippen LogP contribution >= 0.6 is 24.0 Å². The molecule has 3 rings (SSSR count). The molecule has 2 heterocycles. The summed E-state index contributed by atoms with van der Waals surface area (Å²) < 4.78 is 10.8. The van der Waals surface area contributed by atoms with Crippen molar-refractivity contribution in [2.45, 2.75) is 45.9 Å². The number of ether oxygens (including phenoxy) is 1. The monoisotopic (exact) mass is 540 g/mol. The van der Waals surface area contributed by atoms with Crippen molar-refractivity contribution < 1.29 is 13.9 Å². The lowest BCUT2D eigenvalue weighted by molar-refractivity contribution is -0.128. The maximum Gasteiger partial charge on any atom is 0.222 e. The van der Waals surface area contributed by atoms with E-state index in [2.05, 4.69) is 46.8 Å². The Morgan fingerprint density at radius 2 is 2.00 bits per heavy atom. The number of carbonyl (C=O) groups excluding carboxylic acids is 1. The molecule has 8 heteroatoms. The van der Waals surface area contributed by atoms with Gasteiger partial charge in [-0.15, -0.1) is 24.0 Å². The van der Waals surface area contributed by atoms with Crippen LogP contribution in [0.1, 0.15) is 43.1 Å². The highest BCUT2D eigenvalue weighted by Gasteiger charge is 2.19. The number of amides is 1. The van der Waals surface area contributed by atoms with E-state index in [0.29, 0.717) is 32.7 Å². The summed E-state index contributed by atoms with van der Waals surface area (Å²) >= 11 is 0. The van der Waals surface area contributed by atoms with Crippen LogP contribution < -0.4 is 10.6 Å². The summed E-state index contributed by atoms with van der Waals surface area (Å²) in [6.07, 6.45) is 4.20. The molecular formula is C23H33IN4O3. The van der Waals surface area contributed by atoms with Crippen molar-refractivity contribution in [2.75, 3.05) is 26.2 Å². The molecule has 1 aliphatic rings. The minimum Gasteiger partial charge on any atom is -0.467 e. The zero-order valence-corrected chi connectivity index (χ0v) is 20.5. The number of halogens is 1. The molecule has 1 aliphatic heterocycles. The summed E-state index contributed by atoms with van der Waals surface area (Å²) in [5.74, 6) is 1.91. The lowest BCUT2D eigenvalue weighted by Gasteiger charge is -2.15. The van der Waals surface area contributed by atoms with Gasteiger partial charge in [-0.2, -0.15) is 0 Å². The normalized spacial score (nSPS) is 13.9. The van der Waals surface area contributed by atoms with Gasteiger partial charge < -0.3 is 24.7 Å². The van der Waals surface area contributed by atoms with Crippen molar-refractivity contribution in [1.82, 2.24) is 15.5 Å². The SMILES string of the molecule is CCNC(=NCc1ccc(CN2CCCC2=O)cc1)NCCCOCc1ccco1.I. The fourth-order valence-electron chi connectivity index (χ4n) is 3.30. The number of benzene rings is 1. The van der Waals surface area contributed by atoms with Crippen LogP contribution in [0.3, 0.4) is 0 Å². The number of guanidine groups is 1. The number of nitrogens with one attached hydrogen (secondary N) is 2. The Labute approximate surface area is 201 Å². The first kappa shape index (κ1) is 25.2. The highest BCUT2D eigenvalue weighted by atomic mass is 127. The molecule has 0 aliphatic carbocycles. The van der Waals surface area contributed by atoms with Gasteiger partial charge in [-0.3, -0.25) is 4.79 Å². The fourth-order valence-corrected chi connectivity index (χ4v) is 3.30. The summed E-state index contributed by atoms with van der Waals surface area (Å²) in [5.41, 5.74) is 2.31. The molecule has 170 valence electrons. The molecule has 1 fully saturated rings. The third-order valence-corrected chi connectivity index (χ3v) is 4.91. The molecule has 31 heavy (non-hydrogen) atoms. The van der Waals surface area contributed by atoms with Gasteiger partial charge in [0, 0.05) is 39.2 Å². The maximum absolute atomic E-state index is 11.8. The second-order valence-corrected chi connectivity index (χ2v) is 7.34. The van der Waals surface area contributed by atoms with Crippen LogP contribution in [0.5, 0.6) is 0 Å². The van der Waals surface area contributed by atoms with Crippen LogP contribution in [0, 0.1) is 0 Å². The minimum absolute atomic E-state index is 0. The maximum atomic E-state index is 11.8. The van der Waals surface area contributed by atoms with Crippen LogP contribution in [0.15, 0.2) is 52.1 Å². The van der Waals surface area contributed by atoms with Gasteiger partial charge in [0.05, 0.1) is 12.8 Å².